The summed E-state index contributed by atoms with van der Waals surface area (Å²) in [6.07, 6.45) is 0.752. The minimum Gasteiger partial charge on any atom is -0.379 e. The number of benzene rings is 1. The van der Waals surface area contributed by atoms with E-state index in [9.17, 15) is 13.2 Å². The van der Waals surface area contributed by atoms with Crippen molar-refractivity contribution in [2.24, 2.45) is 0 Å². The second-order valence-corrected chi connectivity index (χ2v) is 7.90. The Bertz CT molecular complexity index is 641. The van der Waals surface area contributed by atoms with Gasteiger partial charge in [0.15, 0.2) is 0 Å². The fourth-order valence-corrected chi connectivity index (χ4v) is 4.12. The number of ether oxygens (including phenoxy) is 1. The molecule has 0 radical (unpaired) electrons. The number of carbonyl (C=O) groups is 1. The molecule has 1 aromatic carbocycles. The number of aryl methyl sites for hydroxylation is 1. The Balaban J connectivity index is 2.32. The van der Waals surface area contributed by atoms with E-state index in [1.54, 1.807) is 13.0 Å². The second-order valence-electron chi connectivity index (χ2n) is 4.58. The Morgan fingerprint density at radius 1 is 1.50 bits per heavy atom. The maximum atomic E-state index is 12.1. The van der Waals surface area contributed by atoms with E-state index in [0.29, 0.717) is 23.2 Å². The predicted octanol–water partition coefficient (Wildman–Crippen LogP) is 2.20. The minimum atomic E-state index is -3.92. The quantitative estimate of drug-likeness (QED) is 0.814. The maximum Gasteiger partial charge on any atom is 0.262 e. The number of hydrogen-bond donors (Lipinski definition) is 1. The van der Waals surface area contributed by atoms with Crippen LogP contribution in [-0.4, -0.2) is 33.6 Å². The zero-order chi connectivity index (χ0) is 14.9. The highest BCUT2D eigenvalue weighted by Gasteiger charge is 2.22. The smallest absolute Gasteiger partial charge is 0.262 e. The summed E-state index contributed by atoms with van der Waals surface area (Å²) < 4.78 is 28.6. The summed E-state index contributed by atoms with van der Waals surface area (Å²) in [4.78, 5) is 12.0. The lowest BCUT2D eigenvalue weighted by Crippen LogP contribution is -2.35. The van der Waals surface area contributed by atoms with Gasteiger partial charge >= 0.3 is 0 Å². The van der Waals surface area contributed by atoms with E-state index < -0.39 is 9.05 Å². The van der Waals surface area contributed by atoms with E-state index >= 15 is 0 Å². The summed E-state index contributed by atoms with van der Waals surface area (Å²) in [5.74, 6) is -0.335. The van der Waals surface area contributed by atoms with Gasteiger partial charge in [0.1, 0.15) is 0 Å². The molecule has 0 saturated carbocycles. The molecule has 2 rings (SSSR count). The zero-order valence-corrected chi connectivity index (χ0v) is 13.8. The molecule has 1 amide bonds. The molecule has 1 atom stereocenters. The lowest BCUT2D eigenvalue weighted by atomic mass is 10.1. The Kier molecular flexibility index (Phi) is 4.73. The van der Waals surface area contributed by atoms with E-state index in [0.717, 1.165) is 6.42 Å². The Morgan fingerprint density at radius 3 is 2.75 bits per heavy atom. The van der Waals surface area contributed by atoms with Crippen LogP contribution in [0, 0.1) is 6.92 Å². The number of hydrogen-bond acceptors (Lipinski definition) is 4. The van der Waals surface area contributed by atoms with Crippen molar-refractivity contribution in [2.45, 2.75) is 24.3 Å². The Labute approximate surface area is 130 Å². The van der Waals surface area contributed by atoms with Crippen molar-refractivity contribution >= 4 is 41.6 Å². The average Bonchev–Trinajstić information content (AvgIpc) is 2.83. The standard InChI is InChI=1S/C12H13BrClNO4S/c1-7-4-8(5-10(11(7)13)20(14,17)18)12(16)15-9-2-3-19-6-9/h4-5,9H,2-3,6H2,1H3,(H,15,16). The van der Waals surface area contributed by atoms with Crippen LogP contribution >= 0.6 is 26.6 Å². The third-order valence-electron chi connectivity index (χ3n) is 3.01. The Morgan fingerprint density at radius 2 is 2.20 bits per heavy atom. The van der Waals surface area contributed by atoms with Crippen LogP contribution in [0.4, 0.5) is 0 Å². The van der Waals surface area contributed by atoms with Gasteiger partial charge in [0, 0.05) is 27.3 Å². The van der Waals surface area contributed by atoms with Crippen LogP contribution < -0.4 is 5.32 Å². The van der Waals surface area contributed by atoms with Crippen LogP contribution in [-0.2, 0) is 13.8 Å². The van der Waals surface area contributed by atoms with Crippen LogP contribution in [0.2, 0.25) is 0 Å². The molecule has 1 aliphatic heterocycles. The summed E-state index contributed by atoms with van der Waals surface area (Å²) in [5, 5.41) is 2.80. The van der Waals surface area contributed by atoms with Crippen molar-refractivity contribution in [3.8, 4) is 0 Å². The van der Waals surface area contributed by atoms with Crippen LogP contribution in [0.25, 0.3) is 0 Å². The highest BCUT2D eigenvalue weighted by Crippen LogP contribution is 2.29. The molecule has 1 aliphatic rings. The molecule has 1 aromatic rings. The Hall–Kier alpha value is -0.630. The van der Waals surface area contributed by atoms with Crippen LogP contribution in [0.15, 0.2) is 21.5 Å². The summed E-state index contributed by atoms with van der Waals surface area (Å²) in [6.45, 7) is 2.79. The first-order chi connectivity index (χ1) is 9.29. The molecule has 1 unspecified atom stereocenters. The van der Waals surface area contributed by atoms with Gasteiger partial charge in [0.25, 0.3) is 15.0 Å². The van der Waals surface area contributed by atoms with Gasteiger partial charge in [-0.25, -0.2) is 8.42 Å². The van der Waals surface area contributed by atoms with E-state index in [1.807, 2.05) is 0 Å². The lowest BCUT2D eigenvalue weighted by molar-refractivity contribution is 0.0929. The molecule has 0 aromatic heterocycles. The molecule has 0 aliphatic carbocycles. The second kappa shape index (κ2) is 6.01. The molecule has 8 heteroatoms. The van der Waals surface area contributed by atoms with E-state index in [2.05, 4.69) is 21.2 Å². The summed E-state index contributed by atoms with van der Waals surface area (Å²) >= 11 is 3.17. The van der Waals surface area contributed by atoms with Crippen molar-refractivity contribution in [3.63, 3.8) is 0 Å². The number of halogens is 2. The topological polar surface area (TPSA) is 72.5 Å². The number of nitrogens with one attached hydrogen (secondary N) is 1. The van der Waals surface area contributed by atoms with E-state index in [1.165, 1.54) is 6.07 Å². The van der Waals surface area contributed by atoms with Crippen molar-refractivity contribution < 1.29 is 17.9 Å². The van der Waals surface area contributed by atoms with Gasteiger partial charge in [0.05, 0.1) is 17.5 Å². The monoisotopic (exact) mass is 381 g/mol. The molecule has 5 nitrogen and oxygen atoms in total. The lowest BCUT2D eigenvalue weighted by Gasteiger charge is -2.12. The average molecular weight is 383 g/mol. The van der Waals surface area contributed by atoms with Gasteiger partial charge in [-0.3, -0.25) is 4.79 Å². The molecular formula is C12H13BrClNO4S. The third-order valence-corrected chi connectivity index (χ3v) is 5.67. The molecule has 1 heterocycles. The first-order valence-corrected chi connectivity index (χ1v) is 9.02. The van der Waals surface area contributed by atoms with Gasteiger partial charge in [-0.2, -0.15) is 0 Å². The first kappa shape index (κ1) is 15.8. The van der Waals surface area contributed by atoms with Crippen LogP contribution in [0.1, 0.15) is 22.3 Å². The number of carbonyl (C=O) groups excluding carboxylic acids is 1. The van der Waals surface area contributed by atoms with Crippen molar-refractivity contribution in [1.82, 2.24) is 5.32 Å². The molecule has 0 spiro atoms. The minimum absolute atomic E-state index is 0.0393. The van der Waals surface area contributed by atoms with Crippen molar-refractivity contribution in [2.75, 3.05) is 13.2 Å². The van der Waals surface area contributed by atoms with Gasteiger partial charge in [-0.15, -0.1) is 0 Å². The molecular weight excluding hydrogens is 370 g/mol. The van der Waals surface area contributed by atoms with Crippen molar-refractivity contribution in [1.29, 1.82) is 0 Å². The molecule has 20 heavy (non-hydrogen) atoms. The van der Waals surface area contributed by atoms with Crippen LogP contribution in [0.5, 0.6) is 0 Å². The highest BCUT2D eigenvalue weighted by molar-refractivity contribution is 9.10. The fourth-order valence-electron chi connectivity index (χ4n) is 1.96. The normalized spacial score (nSPS) is 19.1. The largest absolute Gasteiger partial charge is 0.379 e. The summed E-state index contributed by atoms with van der Waals surface area (Å²) in [6, 6.07) is 2.84. The van der Waals surface area contributed by atoms with Crippen LogP contribution in [0.3, 0.4) is 0 Å². The summed E-state index contributed by atoms with van der Waals surface area (Å²) in [7, 11) is 1.45. The highest BCUT2D eigenvalue weighted by atomic mass is 79.9. The SMILES string of the molecule is Cc1cc(C(=O)NC2CCOC2)cc(S(=O)(=O)Cl)c1Br. The van der Waals surface area contributed by atoms with Gasteiger partial charge < -0.3 is 10.1 Å². The van der Waals surface area contributed by atoms with Gasteiger partial charge in [-0.1, -0.05) is 0 Å². The molecule has 1 fully saturated rings. The third kappa shape index (κ3) is 3.52. The van der Waals surface area contributed by atoms with Gasteiger partial charge in [-0.05, 0) is 47.0 Å². The molecule has 1 saturated heterocycles. The predicted molar refractivity (Wildman–Crippen MR) is 78.6 cm³/mol. The van der Waals surface area contributed by atoms with E-state index in [4.69, 9.17) is 15.4 Å². The molecule has 110 valence electrons. The van der Waals surface area contributed by atoms with Crippen molar-refractivity contribution in [3.05, 3.63) is 27.7 Å². The number of rotatable bonds is 3. The van der Waals surface area contributed by atoms with Gasteiger partial charge in [0.2, 0.25) is 0 Å². The number of amides is 1. The first-order valence-electron chi connectivity index (χ1n) is 5.92. The fraction of sp³-hybridized carbons (Fsp3) is 0.417. The summed E-state index contributed by atoms with van der Waals surface area (Å²) in [5.41, 5.74) is 0.886. The maximum absolute atomic E-state index is 12.1. The zero-order valence-electron chi connectivity index (χ0n) is 10.7. The molecule has 0 bridgehead atoms. The molecule has 1 N–H and O–H groups in total. The van der Waals surface area contributed by atoms with E-state index in [-0.39, 0.29) is 22.4 Å².